The molecule has 5 nitrogen and oxygen atoms in total. The highest BCUT2D eigenvalue weighted by molar-refractivity contribution is 5.81. The van der Waals surface area contributed by atoms with Gasteiger partial charge >= 0.3 is 12.3 Å². The van der Waals surface area contributed by atoms with Gasteiger partial charge in [-0.3, -0.25) is 0 Å². The maximum Gasteiger partial charge on any atom is 0.549 e. The van der Waals surface area contributed by atoms with Crippen LogP contribution in [0.2, 0.25) is 0 Å². The lowest BCUT2D eigenvalue weighted by atomic mass is 10.5. The Balaban J connectivity index is 0. The van der Waals surface area contributed by atoms with Gasteiger partial charge in [0.1, 0.15) is 0 Å². The molecule has 14 heavy (non-hydrogen) atoms. The van der Waals surface area contributed by atoms with Crippen molar-refractivity contribution < 1.29 is 32.8 Å². The predicted octanol–water partition coefficient (Wildman–Crippen LogP) is 0.670. The number of ether oxygens (including phenoxy) is 1. The van der Waals surface area contributed by atoms with Crippen LogP contribution in [0.1, 0.15) is 0 Å². The number of alkyl halides is 3. The molecule has 0 aliphatic rings. The number of rotatable bonds is 2. The summed E-state index contributed by atoms with van der Waals surface area (Å²) in [5, 5.41) is 6.78. The number of nitrogens with two attached hydrogens (primary N) is 1. The fourth-order valence-corrected chi connectivity index (χ4v) is 0.232. The first-order valence-electron chi connectivity index (χ1n) is 3.21. The van der Waals surface area contributed by atoms with Gasteiger partial charge in [0.15, 0.2) is 0 Å². The van der Waals surface area contributed by atoms with Gasteiger partial charge in [-0.25, -0.2) is 10.1 Å². The molecular weight excluding hydrogens is 207 g/mol. The number of carbonyl (C=O) groups is 1. The minimum Gasteiger partial charge on any atom is -0.466 e. The Morgan fingerprint density at radius 3 is 2.21 bits per heavy atom. The van der Waals surface area contributed by atoms with Gasteiger partial charge in [0.05, 0.1) is 7.11 Å². The molecule has 0 spiro atoms. The van der Waals surface area contributed by atoms with Crippen LogP contribution in [0.3, 0.4) is 0 Å². The quantitative estimate of drug-likeness (QED) is 0.307. The molecule has 0 saturated heterocycles. The van der Waals surface area contributed by atoms with Gasteiger partial charge in [-0.05, 0) is 0 Å². The standard InChI is InChI=1S/C5H9NO2.CHF3O2/c1-8-5(7)3-2-4-6;2-1(3,4)6-5/h2-3H,4,6H2,1H3;5H/b3-2+;. The zero-order chi connectivity index (χ0) is 11.6. The predicted molar refractivity (Wildman–Crippen MR) is 40.0 cm³/mol. The molecule has 3 N–H and O–H groups in total. The molecule has 0 aromatic carbocycles. The number of hydrogen-bond acceptors (Lipinski definition) is 5. The Bertz CT molecular complexity index is 180. The number of esters is 1. The molecule has 0 aliphatic carbocycles. The fraction of sp³-hybridized carbons (Fsp3) is 0.500. The van der Waals surface area contributed by atoms with Gasteiger partial charge < -0.3 is 10.5 Å². The van der Waals surface area contributed by atoms with E-state index in [9.17, 15) is 18.0 Å². The van der Waals surface area contributed by atoms with Crippen LogP contribution in [0.25, 0.3) is 0 Å². The molecule has 0 atom stereocenters. The first-order valence-corrected chi connectivity index (χ1v) is 3.21. The summed E-state index contributed by atoms with van der Waals surface area (Å²) in [5.74, 6) is -0.365. The Morgan fingerprint density at radius 1 is 1.57 bits per heavy atom. The molecule has 0 aromatic rings. The van der Waals surface area contributed by atoms with E-state index in [-0.39, 0.29) is 5.97 Å². The Hall–Kier alpha value is -1.12. The van der Waals surface area contributed by atoms with Crippen molar-refractivity contribution in [2.75, 3.05) is 13.7 Å². The van der Waals surface area contributed by atoms with Gasteiger partial charge in [-0.15, -0.1) is 18.1 Å². The van der Waals surface area contributed by atoms with E-state index in [1.165, 1.54) is 19.3 Å². The molecule has 0 saturated carbocycles. The highest BCUT2D eigenvalue weighted by atomic mass is 19.4. The van der Waals surface area contributed by atoms with Crippen molar-refractivity contribution >= 4 is 5.97 Å². The number of halogens is 3. The summed E-state index contributed by atoms with van der Waals surface area (Å²) >= 11 is 0. The van der Waals surface area contributed by atoms with Crippen LogP contribution < -0.4 is 5.73 Å². The molecule has 0 bridgehead atoms. The second kappa shape index (κ2) is 8.48. The van der Waals surface area contributed by atoms with E-state index in [0.717, 1.165) is 0 Å². The number of carbonyl (C=O) groups excluding carboxylic acids is 1. The van der Waals surface area contributed by atoms with Crippen LogP contribution in [0.15, 0.2) is 12.2 Å². The molecule has 0 rings (SSSR count). The summed E-state index contributed by atoms with van der Waals surface area (Å²) in [6.07, 6.45) is -2.08. The summed E-state index contributed by atoms with van der Waals surface area (Å²) in [4.78, 5) is 12.1. The van der Waals surface area contributed by atoms with Gasteiger partial charge in [-0.1, -0.05) is 6.08 Å². The van der Waals surface area contributed by atoms with Crippen LogP contribution in [-0.2, 0) is 14.4 Å². The highest BCUT2D eigenvalue weighted by Crippen LogP contribution is 2.12. The summed E-state index contributed by atoms with van der Waals surface area (Å²) in [7, 11) is 1.32. The van der Waals surface area contributed by atoms with Crippen molar-refractivity contribution in [2.45, 2.75) is 6.36 Å². The molecule has 0 heterocycles. The van der Waals surface area contributed by atoms with E-state index < -0.39 is 6.36 Å². The van der Waals surface area contributed by atoms with E-state index in [0.29, 0.717) is 6.54 Å². The molecule has 0 aromatic heterocycles. The zero-order valence-electron chi connectivity index (χ0n) is 7.25. The molecule has 0 amide bonds. The number of methoxy groups -OCH3 is 1. The van der Waals surface area contributed by atoms with Gasteiger partial charge in [-0.2, -0.15) is 0 Å². The molecule has 0 unspecified atom stereocenters. The first kappa shape index (κ1) is 15.4. The minimum atomic E-state index is -4.90. The SMILES string of the molecule is COC(=O)/C=C/CN.OOC(F)(F)F. The minimum absolute atomic E-state index is 0.365. The summed E-state index contributed by atoms with van der Waals surface area (Å²) in [6, 6.07) is 0. The van der Waals surface area contributed by atoms with Crippen LogP contribution >= 0.6 is 0 Å². The topological polar surface area (TPSA) is 81.8 Å². The van der Waals surface area contributed by atoms with Crippen molar-refractivity contribution in [3.63, 3.8) is 0 Å². The van der Waals surface area contributed by atoms with E-state index in [2.05, 4.69) is 4.74 Å². The average molecular weight is 217 g/mol. The summed E-state index contributed by atoms with van der Waals surface area (Å²) in [5.41, 5.74) is 5.04. The number of hydrogen-bond donors (Lipinski definition) is 2. The molecule has 0 radical (unpaired) electrons. The molecule has 8 heteroatoms. The third-order valence-corrected chi connectivity index (χ3v) is 0.695. The smallest absolute Gasteiger partial charge is 0.466 e. The van der Waals surface area contributed by atoms with Gasteiger partial charge in [0.25, 0.3) is 0 Å². The molecule has 0 fully saturated rings. The average Bonchev–Trinajstić information content (AvgIpc) is 2.14. The molecular formula is C6H10F3NO4. The van der Waals surface area contributed by atoms with E-state index in [1.54, 1.807) is 0 Å². The summed E-state index contributed by atoms with van der Waals surface area (Å²) < 4.78 is 35.2. The largest absolute Gasteiger partial charge is 0.549 e. The Morgan fingerprint density at radius 2 is 2.00 bits per heavy atom. The molecule has 0 aliphatic heterocycles. The first-order chi connectivity index (χ1) is 6.37. The van der Waals surface area contributed by atoms with Crippen LogP contribution in [0.5, 0.6) is 0 Å². The Labute approximate surface area is 77.8 Å². The lowest BCUT2D eigenvalue weighted by Crippen LogP contribution is -2.09. The maximum absolute atomic E-state index is 10.3. The zero-order valence-corrected chi connectivity index (χ0v) is 7.25. The third-order valence-electron chi connectivity index (χ3n) is 0.695. The normalized spacial score (nSPS) is 10.7. The summed E-state index contributed by atoms with van der Waals surface area (Å²) in [6.45, 7) is 0.370. The maximum atomic E-state index is 10.3. The van der Waals surface area contributed by atoms with Crippen LogP contribution in [0, 0.1) is 0 Å². The highest BCUT2D eigenvalue weighted by Gasteiger charge is 2.28. The van der Waals surface area contributed by atoms with Crippen LogP contribution in [-0.4, -0.2) is 31.2 Å². The van der Waals surface area contributed by atoms with Gasteiger partial charge in [0, 0.05) is 12.6 Å². The second-order valence-electron chi connectivity index (χ2n) is 1.70. The van der Waals surface area contributed by atoms with E-state index >= 15 is 0 Å². The van der Waals surface area contributed by atoms with E-state index in [1.807, 2.05) is 4.89 Å². The second-order valence-corrected chi connectivity index (χ2v) is 1.70. The lowest BCUT2D eigenvalue weighted by Gasteiger charge is -1.94. The van der Waals surface area contributed by atoms with Crippen molar-refractivity contribution in [3.8, 4) is 0 Å². The monoisotopic (exact) mass is 217 g/mol. The lowest BCUT2D eigenvalue weighted by molar-refractivity contribution is -0.464. The Kier molecular flexibility index (Phi) is 9.30. The molecule has 84 valence electrons. The van der Waals surface area contributed by atoms with Gasteiger partial charge in [0.2, 0.25) is 0 Å². The van der Waals surface area contributed by atoms with Crippen molar-refractivity contribution in [1.29, 1.82) is 0 Å². The van der Waals surface area contributed by atoms with Crippen molar-refractivity contribution in [2.24, 2.45) is 5.73 Å². The van der Waals surface area contributed by atoms with E-state index in [4.69, 9.17) is 11.0 Å². The van der Waals surface area contributed by atoms with Crippen molar-refractivity contribution in [3.05, 3.63) is 12.2 Å². The fourth-order valence-electron chi connectivity index (χ4n) is 0.232. The van der Waals surface area contributed by atoms with Crippen molar-refractivity contribution in [1.82, 2.24) is 0 Å². The van der Waals surface area contributed by atoms with Crippen LogP contribution in [0.4, 0.5) is 13.2 Å². The third kappa shape index (κ3) is 17.1.